The molecule has 2 aromatic rings. The van der Waals surface area contributed by atoms with Crippen molar-refractivity contribution >= 4 is 11.2 Å². The molecule has 4 rings (SSSR count). The fourth-order valence-electron chi connectivity index (χ4n) is 3.31. The Morgan fingerprint density at radius 3 is 2.86 bits per heavy atom. The Bertz CT molecular complexity index is 630. The number of hydrogen-bond donors (Lipinski definition) is 0. The van der Waals surface area contributed by atoms with Gasteiger partial charge in [0.2, 0.25) is 0 Å². The molecule has 118 valence electrons. The highest BCUT2D eigenvalue weighted by Gasteiger charge is 2.25. The molecule has 22 heavy (non-hydrogen) atoms. The molecule has 1 unspecified atom stereocenters. The largest absolute Gasteiger partial charge is 0.381 e. The van der Waals surface area contributed by atoms with Crippen LogP contribution in [-0.4, -0.2) is 65.5 Å². The van der Waals surface area contributed by atoms with E-state index < -0.39 is 0 Å². The third-order valence-corrected chi connectivity index (χ3v) is 4.57. The summed E-state index contributed by atoms with van der Waals surface area (Å²) in [6, 6.07) is 4.00. The molecule has 2 fully saturated rings. The van der Waals surface area contributed by atoms with Crippen molar-refractivity contribution in [3.8, 4) is 0 Å². The monoisotopic (exact) mass is 302 g/mol. The van der Waals surface area contributed by atoms with E-state index in [-0.39, 0.29) is 0 Å². The maximum absolute atomic E-state index is 5.56. The molecular formula is C16H22N4O2. The zero-order valence-corrected chi connectivity index (χ0v) is 12.8. The second-order valence-electron chi connectivity index (χ2n) is 5.98. The number of aromatic nitrogens is 3. The number of morpholine rings is 1. The highest BCUT2D eigenvalue weighted by atomic mass is 16.5. The maximum Gasteiger partial charge on any atom is 0.160 e. The van der Waals surface area contributed by atoms with Crippen LogP contribution < -0.4 is 0 Å². The maximum atomic E-state index is 5.56. The first-order valence-corrected chi connectivity index (χ1v) is 8.11. The van der Waals surface area contributed by atoms with E-state index in [9.17, 15) is 0 Å². The molecule has 6 nitrogen and oxygen atoms in total. The Labute approximate surface area is 130 Å². The predicted octanol–water partition coefficient (Wildman–Crippen LogP) is 1.27. The quantitative estimate of drug-likeness (QED) is 0.851. The molecule has 0 N–H and O–H groups in total. The standard InChI is InChI=1S/C16H22N4O2/c1-2-14-16(17-4-1)20(6-5-19-7-10-21-11-8-19)15(18-14)13-3-9-22-12-13/h1-2,4,13H,3,5-12H2. The summed E-state index contributed by atoms with van der Waals surface area (Å²) in [5, 5.41) is 0. The van der Waals surface area contributed by atoms with Crippen molar-refractivity contribution in [1.29, 1.82) is 0 Å². The molecule has 0 saturated carbocycles. The van der Waals surface area contributed by atoms with E-state index in [0.717, 1.165) is 76.0 Å². The molecule has 2 aromatic heterocycles. The van der Waals surface area contributed by atoms with Crippen LogP contribution in [0.3, 0.4) is 0 Å². The molecule has 0 aromatic carbocycles. The summed E-state index contributed by atoms with van der Waals surface area (Å²) in [5.41, 5.74) is 1.99. The third kappa shape index (κ3) is 2.74. The number of ether oxygens (including phenoxy) is 2. The van der Waals surface area contributed by atoms with Gasteiger partial charge in [-0.3, -0.25) is 4.90 Å². The van der Waals surface area contributed by atoms with E-state index in [0.29, 0.717) is 5.92 Å². The average molecular weight is 302 g/mol. The van der Waals surface area contributed by atoms with E-state index in [1.807, 2.05) is 18.3 Å². The summed E-state index contributed by atoms with van der Waals surface area (Å²) >= 11 is 0. The number of imidazole rings is 1. The Hall–Kier alpha value is -1.50. The topological polar surface area (TPSA) is 52.4 Å². The van der Waals surface area contributed by atoms with Crippen molar-refractivity contribution in [2.75, 3.05) is 46.1 Å². The van der Waals surface area contributed by atoms with Gasteiger partial charge in [0.25, 0.3) is 0 Å². The van der Waals surface area contributed by atoms with Gasteiger partial charge in [0.15, 0.2) is 5.65 Å². The summed E-state index contributed by atoms with van der Waals surface area (Å²) < 4.78 is 13.3. The number of pyridine rings is 1. The van der Waals surface area contributed by atoms with Crippen molar-refractivity contribution in [3.63, 3.8) is 0 Å². The van der Waals surface area contributed by atoms with Crippen molar-refractivity contribution < 1.29 is 9.47 Å². The van der Waals surface area contributed by atoms with Crippen molar-refractivity contribution in [1.82, 2.24) is 19.4 Å². The van der Waals surface area contributed by atoms with Crippen LogP contribution in [0.15, 0.2) is 18.3 Å². The summed E-state index contributed by atoms with van der Waals surface area (Å²) in [6.07, 6.45) is 2.91. The molecule has 2 aliphatic heterocycles. The van der Waals surface area contributed by atoms with Gasteiger partial charge in [-0.05, 0) is 18.6 Å². The molecule has 0 bridgehead atoms. The minimum absolute atomic E-state index is 0.402. The van der Waals surface area contributed by atoms with Gasteiger partial charge in [-0.15, -0.1) is 0 Å². The molecular weight excluding hydrogens is 280 g/mol. The van der Waals surface area contributed by atoms with E-state index in [1.165, 1.54) is 0 Å². The molecule has 2 aliphatic rings. The van der Waals surface area contributed by atoms with Gasteiger partial charge >= 0.3 is 0 Å². The first-order valence-electron chi connectivity index (χ1n) is 8.11. The van der Waals surface area contributed by atoms with E-state index >= 15 is 0 Å². The zero-order chi connectivity index (χ0) is 14.8. The van der Waals surface area contributed by atoms with Gasteiger partial charge in [-0.2, -0.15) is 0 Å². The molecule has 0 aliphatic carbocycles. The van der Waals surface area contributed by atoms with Crippen LogP contribution in [0.2, 0.25) is 0 Å². The first kappa shape index (κ1) is 14.1. The van der Waals surface area contributed by atoms with E-state index in [4.69, 9.17) is 14.5 Å². The minimum atomic E-state index is 0.402. The normalized spacial score (nSPS) is 23.4. The summed E-state index contributed by atoms with van der Waals surface area (Å²) in [4.78, 5) is 11.8. The fraction of sp³-hybridized carbons (Fsp3) is 0.625. The highest BCUT2D eigenvalue weighted by molar-refractivity contribution is 5.71. The molecule has 0 spiro atoms. The van der Waals surface area contributed by atoms with Crippen LogP contribution in [-0.2, 0) is 16.0 Å². The lowest BCUT2D eigenvalue weighted by Gasteiger charge is -2.27. The third-order valence-electron chi connectivity index (χ3n) is 4.57. The van der Waals surface area contributed by atoms with Gasteiger partial charge in [-0.1, -0.05) is 0 Å². The van der Waals surface area contributed by atoms with Crippen molar-refractivity contribution in [2.24, 2.45) is 0 Å². The van der Waals surface area contributed by atoms with Crippen LogP contribution >= 0.6 is 0 Å². The van der Waals surface area contributed by atoms with Crippen LogP contribution in [0.5, 0.6) is 0 Å². The second-order valence-corrected chi connectivity index (χ2v) is 5.98. The first-order chi connectivity index (χ1) is 10.9. The molecule has 0 radical (unpaired) electrons. The Morgan fingerprint density at radius 2 is 2.05 bits per heavy atom. The molecule has 1 atom stereocenters. The van der Waals surface area contributed by atoms with Gasteiger partial charge in [-0.25, -0.2) is 9.97 Å². The van der Waals surface area contributed by atoms with Gasteiger partial charge in [0.1, 0.15) is 11.3 Å². The Balaban J connectivity index is 1.60. The summed E-state index contributed by atoms with van der Waals surface area (Å²) in [5.74, 6) is 1.54. The van der Waals surface area contributed by atoms with Crippen molar-refractivity contribution in [2.45, 2.75) is 18.9 Å². The SMILES string of the molecule is c1cnc2c(c1)nc(C1CCOC1)n2CCN1CCOCC1. The number of nitrogens with zero attached hydrogens (tertiary/aromatic N) is 4. The van der Waals surface area contributed by atoms with Crippen LogP contribution in [0.25, 0.3) is 11.2 Å². The number of fused-ring (bicyclic) bond motifs is 1. The number of rotatable bonds is 4. The predicted molar refractivity (Wildman–Crippen MR) is 83.0 cm³/mol. The molecule has 0 amide bonds. The molecule has 4 heterocycles. The Morgan fingerprint density at radius 1 is 1.14 bits per heavy atom. The van der Waals surface area contributed by atoms with E-state index in [1.54, 1.807) is 0 Å². The Kier molecular flexibility index (Phi) is 4.05. The van der Waals surface area contributed by atoms with Crippen LogP contribution in [0, 0.1) is 0 Å². The average Bonchev–Trinajstić information content (AvgIpc) is 3.21. The van der Waals surface area contributed by atoms with Gasteiger partial charge in [0, 0.05) is 44.9 Å². The lowest BCUT2D eigenvalue weighted by Crippen LogP contribution is -2.38. The minimum Gasteiger partial charge on any atom is -0.381 e. The number of hydrogen-bond acceptors (Lipinski definition) is 5. The summed E-state index contributed by atoms with van der Waals surface area (Å²) in [7, 11) is 0. The lowest BCUT2D eigenvalue weighted by atomic mass is 10.1. The van der Waals surface area contributed by atoms with E-state index in [2.05, 4.69) is 14.5 Å². The molecule has 2 saturated heterocycles. The highest BCUT2D eigenvalue weighted by Crippen LogP contribution is 2.27. The van der Waals surface area contributed by atoms with Crippen molar-refractivity contribution in [3.05, 3.63) is 24.2 Å². The fourth-order valence-corrected chi connectivity index (χ4v) is 3.31. The second kappa shape index (κ2) is 6.32. The zero-order valence-electron chi connectivity index (χ0n) is 12.8. The smallest absolute Gasteiger partial charge is 0.160 e. The lowest BCUT2D eigenvalue weighted by molar-refractivity contribution is 0.0364. The summed E-state index contributed by atoms with van der Waals surface area (Å²) in [6.45, 7) is 7.28. The van der Waals surface area contributed by atoms with Crippen LogP contribution in [0.4, 0.5) is 0 Å². The van der Waals surface area contributed by atoms with Gasteiger partial charge in [0.05, 0.1) is 19.8 Å². The molecule has 6 heteroatoms. The van der Waals surface area contributed by atoms with Gasteiger partial charge < -0.3 is 14.0 Å². The van der Waals surface area contributed by atoms with Crippen LogP contribution in [0.1, 0.15) is 18.2 Å².